The molecule has 0 bridgehead atoms. The lowest BCUT2D eigenvalue weighted by atomic mass is 10.3. The van der Waals surface area contributed by atoms with Crippen molar-refractivity contribution >= 4 is 0 Å². The minimum absolute atomic E-state index is 0.0462. The molecular weight excluding hydrogens is 182 g/mol. The Morgan fingerprint density at radius 1 is 1.43 bits per heavy atom. The fraction of sp³-hybridized carbons (Fsp3) is 1.00. The largest absolute Gasteiger partial charge is 0.395 e. The Hall–Kier alpha value is -0.200. The monoisotopic (exact) mass is 203 g/mol. The quantitative estimate of drug-likeness (QED) is 0.446. The lowest BCUT2D eigenvalue weighted by Crippen LogP contribution is -2.43. The average molecular weight is 203 g/mol. The molecule has 5 heteroatoms. The Morgan fingerprint density at radius 3 is 2.79 bits per heavy atom. The third-order valence-corrected chi connectivity index (χ3v) is 2.35. The fourth-order valence-electron chi connectivity index (χ4n) is 1.41. The summed E-state index contributed by atoms with van der Waals surface area (Å²) in [6, 6.07) is -0.139. The molecule has 4 N–H and O–H groups in total. The molecule has 1 aliphatic heterocycles. The van der Waals surface area contributed by atoms with Gasteiger partial charge in [-0.1, -0.05) is 0 Å². The molecule has 1 aliphatic rings. The van der Waals surface area contributed by atoms with Crippen molar-refractivity contribution in [2.75, 3.05) is 52.5 Å². The SMILES string of the molecule is NC(CO)CNCCN1CCOCC1. The summed E-state index contributed by atoms with van der Waals surface area (Å²) in [5.74, 6) is 0. The van der Waals surface area contributed by atoms with Crippen molar-refractivity contribution in [2.45, 2.75) is 6.04 Å². The minimum Gasteiger partial charge on any atom is -0.395 e. The van der Waals surface area contributed by atoms with Crippen molar-refractivity contribution in [1.29, 1.82) is 0 Å². The second kappa shape index (κ2) is 7.14. The van der Waals surface area contributed by atoms with E-state index >= 15 is 0 Å². The molecular formula is C9H21N3O2. The zero-order chi connectivity index (χ0) is 10.2. The van der Waals surface area contributed by atoms with Gasteiger partial charge in [0.1, 0.15) is 0 Å². The summed E-state index contributed by atoms with van der Waals surface area (Å²) in [6.07, 6.45) is 0. The zero-order valence-corrected chi connectivity index (χ0v) is 8.61. The van der Waals surface area contributed by atoms with Crippen molar-refractivity contribution in [2.24, 2.45) is 5.73 Å². The molecule has 0 aromatic carbocycles. The van der Waals surface area contributed by atoms with Crippen molar-refractivity contribution in [3.63, 3.8) is 0 Å². The van der Waals surface area contributed by atoms with Gasteiger partial charge in [0.05, 0.1) is 19.8 Å². The van der Waals surface area contributed by atoms with Crippen LogP contribution >= 0.6 is 0 Å². The second-order valence-electron chi connectivity index (χ2n) is 3.60. The molecule has 0 aromatic rings. The van der Waals surface area contributed by atoms with Crippen LogP contribution in [0.4, 0.5) is 0 Å². The molecule has 1 atom stereocenters. The van der Waals surface area contributed by atoms with E-state index in [0.29, 0.717) is 6.54 Å². The van der Waals surface area contributed by atoms with Crippen LogP contribution in [-0.2, 0) is 4.74 Å². The number of nitrogens with two attached hydrogens (primary N) is 1. The number of aliphatic hydroxyl groups is 1. The van der Waals surface area contributed by atoms with E-state index in [-0.39, 0.29) is 12.6 Å². The number of ether oxygens (including phenoxy) is 1. The van der Waals surface area contributed by atoms with Crippen LogP contribution in [-0.4, -0.2) is 68.6 Å². The number of hydrogen-bond donors (Lipinski definition) is 3. The van der Waals surface area contributed by atoms with Gasteiger partial charge in [0.25, 0.3) is 0 Å². The highest BCUT2D eigenvalue weighted by Gasteiger charge is 2.09. The predicted molar refractivity (Wildman–Crippen MR) is 55.2 cm³/mol. The molecule has 1 fully saturated rings. The highest BCUT2D eigenvalue weighted by atomic mass is 16.5. The molecule has 0 amide bonds. The molecule has 0 aliphatic carbocycles. The first-order chi connectivity index (χ1) is 6.83. The van der Waals surface area contributed by atoms with E-state index in [1.54, 1.807) is 0 Å². The van der Waals surface area contributed by atoms with E-state index in [1.165, 1.54) is 0 Å². The Kier molecular flexibility index (Phi) is 6.05. The van der Waals surface area contributed by atoms with E-state index in [1.807, 2.05) is 0 Å². The Bertz CT molecular complexity index is 140. The van der Waals surface area contributed by atoms with Gasteiger partial charge in [0.2, 0.25) is 0 Å². The van der Waals surface area contributed by atoms with Gasteiger partial charge in [-0.25, -0.2) is 0 Å². The van der Waals surface area contributed by atoms with E-state index in [9.17, 15) is 0 Å². The van der Waals surface area contributed by atoms with Crippen LogP contribution in [0.3, 0.4) is 0 Å². The van der Waals surface area contributed by atoms with Gasteiger partial charge in [-0.05, 0) is 0 Å². The van der Waals surface area contributed by atoms with E-state index < -0.39 is 0 Å². The maximum Gasteiger partial charge on any atom is 0.0594 e. The molecule has 84 valence electrons. The van der Waals surface area contributed by atoms with Crippen LogP contribution in [0.1, 0.15) is 0 Å². The van der Waals surface area contributed by atoms with Crippen molar-refractivity contribution in [1.82, 2.24) is 10.2 Å². The van der Waals surface area contributed by atoms with Crippen molar-refractivity contribution in [3.05, 3.63) is 0 Å². The molecule has 1 heterocycles. The lowest BCUT2D eigenvalue weighted by molar-refractivity contribution is 0.0384. The second-order valence-corrected chi connectivity index (χ2v) is 3.60. The van der Waals surface area contributed by atoms with Crippen LogP contribution in [0.5, 0.6) is 0 Å². The van der Waals surface area contributed by atoms with Crippen LogP contribution < -0.4 is 11.1 Å². The van der Waals surface area contributed by atoms with Crippen LogP contribution in [0.2, 0.25) is 0 Å². The normalized spacial score (nSPS) is 21.0. The van der Waals surface area contributed by atoms with Crippen LogP contribution in [0.25, 0.3) is 0 Å². The van der Waals surface area contributed by atoms with Crippen LogP contribution in [0, 0.1) is 0 Å². The van der Waals surface area contributed by atoms with Gasteiger partial charge in [-0.3, -0.25) is 4.90 Å². The molecule has 1 saturated heterocycles. The minimum atomic E-state index is -0.139. The van der Waals surface area contributed by atoms with Gasteiger partial charge in [0.15, 0.2) is 0 Å². The standard InChI is InChI=1S/C9H21N3O2/c10-9(8-13)7-11-1-2-12-3-5-14-6-4-12/h9,11,13H,1-8,10H2. The number of hydrogen-bond acceptors (Lipinski definition) is 5. The highest BCUT2D eigenvalue weighted by molar-refractivity contribution is 4.66. The first kappa shape index (κ1) is 11.9. The molecule has 5 nitrogen and oxygen atoms in total. The maximum atomic E-state index is 8.69. The fourth-order valence-corrected chi connectivity index (χ4v) is 1.41. The van der Waals surface area contributed by atoms with E-state index in [2.05, 4.69) is 10.2 Å². The number of morpholine rings is 1. The molecule has 0 aromatic heterocycles. The Labute approximate surface area is 85.2 Å². The van der Waals surface area contributed by atoms with Crippen molar-refractivity contribution in [3.8, 4) is 0 Å². The molecule has 0 spiro atoms. The average Bonchev–Trinajstić information content (AvgIpc) is 2.25. The summed E-state index contributed by atoms with van der Waals surface area (Å²) in [5, 5.41) is 11.9. The molecule has 14 heavy (non-hydrogen) atoms. The number of nitrogens with zero attached hydrogens (tertiary/aromatic N) is 1. The topological polar surface area (TPSA) is 70.8 Å². The highest BCUT2D eigenvalue weighted by Crippen LogP contribution is 1.94. The third-order valence-electron chi connectivity index (χ3n) is 2.35. The zero-order valence-electron chi connectivity index (χ0n) is 8.61. The van der Waals surface area contributed by atoms with Gasteiger partial charge in [-0.2, -0.15) is 0 Å². The molecule has 0 radical (unpaired) electrons. The Balaban J connectivity index is 1.92. The molecule has 1 unspecified atom stereocenters. The summed E-state index contributed by atoms with van der Waals surface area (Å²) in [5.41, 5.74) is 5.55. The summed E-state index contributed by atoms with van der Waals surface area (Å²) in [7, 11) is 0. The number of rotatable bonds is 6. The molecule has 0 saturated carbocycles. The van der Waals surface area contributed by atoms with Gasteiger partial charge in [-0.15, -0.1) is 0 Å². The van der Waals surface area contributed by atoms with Crippen LogP contribution in [0.15, 0.2) is 0 Å². The summed E-state index contributed by atoms with van der Waals surface area (Å²) in [6.45, 7) is 6.41. The molecule has 1 rings (SSSR count). The Morgan fingerprint density at radius 2 is 2.14 bits per heavy atom. The number of nitrogens with one attached hydrogen (secondary N) is 1. The first-order valence-corrected chi connectivity index (χ1v) is 5.20. The van der Waals surface area contributed by atoms with Gasteiger partial charge < -0.3 is 20.9 Å². The van der Waals surface area contributed by atoms with E-state index in [0.717, 1.165) is 39.4 Å². The van der Waals surface area contributed by atoms with Crippen molar-refractivity contribution < 1.29 is 9.84 Å². The third kappa shape index (κ3) is 4.88. The van der Waals surface area contributed by atoms with Gasteiger partial charge >= 0.3 is 0 Å². The first-order valence-electron chi connectivity index (χ1n) is 5.20. The summed E-state index contributed by atoms with van der Waals surface area (Å²) < 4.78 is 5.25. The summed E-state index contributed by atoms with van der Waals surface area (Å²) in [4.78, 5) is 2.36. The maximum absolute atomic E-state index is 8.69. The number of aliphatic hydroxyl groups excluding tert-OH is 1. The predicted octanol–water partition coefficient (Wildman–Crippen LogP) is -1.77. The lowest BCUT2D eigenvalue weighted by Gasteiger charge is -2.26. The summed E-state index contributed by atoms with van der Waals surface area (Å²) >= 11 is 0. The smallest absolute Gasteiger partial charge is 0.0594 e. The van der Waals surface area contributed by atoms with E-state index in [4.69, 9.17) is 15.6 Å². The van der Waals surface area contributed by atoms with Gasteiger partial charge in [0, 0.05) is 38.8 Å².